The van der Waals surface area contributed by atoms with Gasteiger partial charge in [0.25, 0.3) is 0 Å². The summed E-state index contributed by atoms with van der Waals surface area (Å²) >= 11 is 3.39. The van der Waals surface area contributed by atoms with Crippen molar-refractivity contribution in [2.24, 2.45) is 0 Å². The summed E-state index contributed by atoms with van der Waals surface area (Å²) in [7, 11) is 0. The highest BCUT2D eigenvalue weighted by atomic mass is 79.9. The number of hydrogen-bond donors (Lipinski definition) is 0. The van der Waals surface area contributed by atoms with Gasteiger partial charge in [-0.2, -0.15) is 0 Å². The molecule has 3 aromatic carbocycles. The molecule has 0 atom stereocenters. The van der Waals surface area contributed by atoms with Crippen LogP contribution in [0.5, 0.6) is 0 Å². The van der Waals surface area contributed by atoms with Gasteiger partial charge in [0.05, 0.1) is 0 Å². The predicted octanol–water partition coefficient (Wildman–Crippen LogP) is 5.50. The molecule has 0 saturated carbocycles. The van der Waals surface area contributed by atoms with Crippen LogP contribution in [0, 0.1) is 0 Å². The number of fused-ring (bicyclic) bond motifs is 1. The third-order valence-corrected chi connectivity index (χ3v) is 3.86. The Morgan fingerprint density at radius 2 is 1.57 bits per heavy atom. The first-order chi connectivity index (χ1) is 10.2. The summed E-state index contributed by atoms with van der Waals surface area (Å²) in [5.41, 5.74) is 1.72. The number of hydrogen-bond acceptors (Lipinski definition) is 1. The summed E-state index contributed by atoms with van der Waals surface area (Å²) in [5, 5.41) is 2.23. The smallest absolute Gasteiger partial charge is 0.185 e. The number of benzene rings is 3. The van der Waals surface area contributed by atoms with Gasteiger partial charge >= 0.3 is 0 Å². The number of ketones is 1. The largest absolute Gasteiger partial charge is 0.289 e. The molecule has 0 amide bonds. The molecule has 0 heterocycles. The molecule has 0 radical (unpaired) electrons. The molecule has 0 aliphatic rings. The Labute approximate surface area is 132 Å². The van der Waals surface area contributed by atoms with Gasteiger partial charge in [-0.25, -0.2) is 0 Å². The molecule has 0 N–H and O–H groups in total. The third-order valence-electron chi connectivity index (χ3n) is 3.33. The highest BCUT2D eigenvalue weighted by Crippen LogP contribution is 2.17. The topological polar surface area (TPSA) is 17.1 Å². The lowest BCUT2D eigenvalue weighted by atomic mass is 10.0. The zero-order valence-electron chi connectivity index (χ0n) is 11.3. The fourth-order valence-electron chi connectivity index (χ4n) is 2.18. The predicted molar refractivity (Wildman–Crippen MR) is 91.5 cm³/mol. The van der Waals surface area contributed by atoms with E-state index in [0.717, 1.165) is 20.8 Å². The first-order valence-corrected chi connectivity index (χ1v) is 7.48. The SMILES string of the molecule is O=C(/C=C/c1ccc(Br)cc1)c1ccc2ccccc2c1. The van der Waals surface area contributed by atoms with Crippen LogP contribution in [-0.2, 0) is 0 Å². The molecular formula is C19H13BrO. The maximum Gasteiger partial charge on any atom is 0.185 e. The Hall–Kier alpha value is -2.19. The number of halogens is 1. The van der Waals surface area contributed by atoms with E-state index in [2.05, 4.69) is 15.9 Å². The van der Waals surface area contributed by atoms with Crippen LogP contribution in [0.15, 0.2) is 77.3 Å². The quantitative estimate of drug-likeness (QED) is 0.456. The van der Waals surface area contributed by atoms with Gasteiger partial charge in [0.1, 0.15) is 0 Å². The summed E-state index contributed by atoms with van der Waals surface area (Å²) in [6.07, 6.45) is 3.46. The highest BCUT2D eigenvalue weighted by Gasteiger charge is 2.02. The maximum absolute atomic E-state index is 12.2. The van der Waals surface area contributed by atoms with E-state index in [1.807, 2.05) is 72.8 Å². The van der Waals surface area contributed by atoms with E-state index in [9.17, 15) is 4.79 Å². The Morgan fingerprint density at radius 3 is 2.33 bits per heavy atom. The number of carbonyl (C=O) groups is 1. The molecule has 0 unspecified atom stereocenters. The second-order valence-corrected chi connectivity index (χ2v) is 5.73. The lowest BCUT2D eigenvalue weighted by molar-refractivity contribution is 0.104. The monoisotopic (exact) mass is 336 g/mol. The second-order valence-electron chi connectivity index (χ2n) is 4.81. The fourth-order valence-corrected chi connectivity index (χ4v) is 2.45. The Kier molecular flexibility index (Phi) is 3.98. The second kappa shape index (κ2) is 6.06. The summed E-state index contributed by atoms with van der Waals surface area (Å²) < 4.78 is 1.03. The minimum Gasteiger partial charge on any atom is -0.289 e. The van der Waals surface area contributed by atoms with Gasteiger partial charge in [-0.05, 0) is 40.6 Å². The third kappa shape index (κ3) is 3.29. The van der Waals surface area contributed by atoms with Crippen LogP contribution in [0.25, 0.3) is 16.8 Å². The molecule has 0 bridgehead atoms. The molecule has 1 nitrogen and oxygen atoms in total. The molecule has 21 heavy (non-hydrogen) atoms. The van der Waals surface area contributed by atoms with Crippen LogP contribution in [0.1, 0.15) is 15.9 Å². The standard InChI is InChI=1S/C19H13BrO/c20-18-10-5-14(6-11-18)7-12-19(21)17-9-8-15-3-1-2-4-16(15)13-17/h1-13H/b12-7+. The zero-order chi connectivity index (χ0) is 14.7. The zero-order valence-corrected chi connectivity index (χ0v) is 12.9. The molecule has 0 spiro atoms. The van der Waals surface area contributed by atoms with Crippen molar-refractivity contribution in [1.82, 2.24) is 0 Å². The van der Waals surface area contributed by atoms with Crippen molar-refractivity contribution in [1.29, 1.82) is 0 Å². The summed E-state index contributed by atoms with van der Waals surface area (Å²) in [4.78, 5) is 12.2. The molecule has 3 rings (SSSR count). The van der Waals surface area contributed by atoms with Crippen molar-refractivity contribution in [3.05, 3.63) is 88.4 Å². The Morgan fingerprint density at radius 1 is 0.857 bits per heavy atom. The minimum atomic E-state index is 0.0173. The molecule has 0 aliphatic heterocycles. The molecule has 0 saturated heterocycles. The Bertz CT molecular complexity index is 816. The van der Waals surface area contributed by atoms with Crippen molar-refractivity contribution in [3.8, 4) is 0 Å². The van der Waals surface area contributed by atoms with E-state index in [0.29, 0.717) is 5.56 Å². The number of carbonyl (C=O) groups excluding carboxylic acids is 1. The molecule has 0 aromatic heterocycles. The molecule has 102 valence electrons. The van der Waals surface area contributed by atoms with Gasteiger partial charge in [-0.1, -0.05) is 70.5 Å². The maximum atomic E-state index is 12.2. The molecule has 2 heteroatoms. The van der Waals surface area contributed by atoms with Crippen molar-refractivity contribution in [2.75, 3.05) is 0 Å². The van der Waals surface area contributed by atoms with Crippen molar-refractivity contribution >= 4 is 38.6 Å². The number of rotatable bonds is 3. The van der Waals surface area contributed by atoms with Crippen molar-refractivity contribution in [3.63, 3.8) is 0 Å². The lowest BCUT2D eigenvalue weighted by Gasteiger charge is -2.00. The van der Waals surface area contributed by atoms with E-state index in [1.165, 1.54) is 0 Å². The molecule has 3 aromatic rings. The van der Waals surface area contributed by atoms with Crippen molar-refractivity contribution < 1.29 is 4.79 Å². The molecule has 0 fully saturated rings. The van der Waals surface area contributed by atoms with Gasteiger partial charge in [0.15, 0.2) is 5.78 Å². The summed E-state index contributed by atoms with van der Waals surface area (Å²) in [6, 6.07) is 21.7. The van der Waals surface area contributed by atoms with Crippen molar-refractivity contribution in [2.45, 2.75) is 0 Å². The summed E-state index contributed by atoms with van der Waals surface area (Å²) in [6.45, 7) is 0. The minimum absolute atomic E-state index is 0.0173. The lowest BCUT2D eigenvalue weighted by Crippen LogP contribution is -1.93. The first-order valence-electron chi connectivity index (χ1n) is 6.69. The fraction of sp³-hybridized carbons (Fsp3) is 0. The van der Waals surface area contributed by atoms with Gasteiger partial charge in [0.2, 0.25) is 0 Å². The van der Waals surface area contributed by atoms with E-state index in [-0.39, 0.29) is 5.78 Å². The summed E-state index contributed by atoms with van der Waals surface area (Å²) in [5.74, 6) is 0.0173. The van der Waals surface area contributed by atoms with E-state index < -0.39 is 0 Å². The van der Waals surface area contributed by atoms with Crippen LogP contribution in [0.2, 0.25) is 0 Å². The molecule has 0 aliphatic carbocycles. The van der Waals surface area contributed by atoms with E-state index in [4.69, 9.17) is 0 Å². The number of allylic oxidation sites excluding steroid dienone is 1. The van der Waals surface area contributed by atoms with Gasteiger partial charge in [-0.3, -0.25) is 4.79 Å². The molecular weight excluding hydrogens is 324 g/mol. The van der Waals surface area contributed by atoms with Gasteiger partial charge in [-0.15, -0.1) is 0 Å². The van der Waals surface area contributed by atoms with Gasteiger partial charge < -0.3 is 0 Å². The normalized spacial score (nSPS) is 11.1. The van der Waals surface area contributed by atoms with Crippen LogP contribution < -0.4 is 0 Å². The average Bonchev–Trinajstić information content (AvgIpc) is 2.53. The van der Waals surface area contributed by atoms with Crippen LogP contribution in [-0.4, -0.2) is 5.78 Å². The van der Waals surface area contributed by atoms with Crippen LogP contribution >= 0.6 is 15.9 Å². The average molecular weight is 337 g/mol. The van der Waals surface area contributed by atoms with E-state index >= 15 is 0 Å². The van der Waals surface area contributed by atoms with Crippen LogP contribution in [0.4, 0.5) is 0 Å². The Balaban J connectivity index is 1.84. The van der Waals surface area contributed by atoms with E-state index in [1.54, 1.807) is 6.08 Å². The highest BCUT2D eigenvalue weighted by molar-refractivity contribution is 9.10. The first kappa shape index (κ1) is 13.8. The van der Waals surface area contributed by atoms with Gasteiger partial charge in [0, 0.05) is 10.0 Å². The van der Waals surface area contributed by atoms with Crippen LogP contribution in [0.3, 0.4) is 0 Å².